The van der Waals surface area contributed by atoms with E-state index in [4.69, 9.17) is 15.6 Å². The Morgan fingerprint density at radius 1 is 1.33 bits per heavy atom. The number of thiophene rings is 1. The molecular formula is C22H24N6OS. The number of nitrogens with two attached hydrogens (primary N) is 1. The Kier molecular flexibility index (Phi) is 5.78. The molecule has 0 saturated heterocycles. The summed E-state index contributed by atoms with van der Waals surface area (Å²) in [6.45, 7) is 7.52. The van der Waals surface area contributed by atoms with Crippen LogP contribution in [0.2, 0.25) is 0 Å². The SMILES string of the molecule is C=NN/C(=N\N)c1ccc2c(c1)nc(NC1=CC(OC(C)C)CC=C1)c1ccsc12. The van der Waals surface area contributed by atoms with E-state index in [0.29, 0.717) is 5.84 Å². The fraction of sp³-hybridized carbons (Fsp3) is 0.227. The molecule has 30 heavy (non-hydrogen) atoms. The van der Waals surface area contributed by atoms with Gasteiger partial charge in [-0.05, 0) is 49.9 Å². The summed E-state index contributed by atoms with van der Waals surface area (Å²) in [4.78, 5) is 4.90. The van der Waals surface area contributed by atoms with Crippen LogP contribution in [0.1, 0.15) is 25.8 Å². The van der Waals surface area contributed by atoms with Crippen molar-refractivity contribution in [2.24, 2.45) is 16.0 Å². The number of rotatable bonds is 6. The molecule has 2 heterocycles. The lowest BCUT2D eigenvalue weighted by Gasteiger charge is -2.20. The molecular weight excluding hydrogens is 396 g/mol. The van der Waals surface area contributed by atoms with Crippen LogP contribution in [-0.4, -0.2) is 29.7 Å². The Morgan fingerprint density at radius 2 is 2.20 bits per heavy atom. The minimum atomic E-state index is 0.0586. The van der Waals surface area contributed by atoms with Crippen LogP contribution in [0.25, 0.3) is 21.0 Å². The Bertz CT molecular complexity index is 1180. The lowest BCUT2D eigenvalue weighted by atomic mass is 10.1. The van der Waals surface area contributed by atoms with Gasteiger partial charge in [0, 0.05) is 33.5 Å². The van der Waals surface area contributed by atoms with Crippen LogP contribution in [-0.2, 0) is 4.74 Å². The molecule has 0 saturated carbocycles. The monoisotopic (exact) mass is 420 g/mol. The number of hydrazone groups is 2. The van der Waals surface area contributed by atoms with Crippen LogP contribution in [0.5, 0.6) is 0 Å². The van der Waals surface area contributed by atoms with Crippen LogP contribution in [0.3, 0.4) is 0 Å². The second-order valence-electron chi connectivity index (χ2n) is 7.21. The van der Waals surface area contributed by atoms with Crippen molar-refractivity contribution in [2.45, 2.75) is 32.5 Å². The summed E-state index contributed by atoms with van der Waals surface area (Å²) in [5, 5.41) is 15.1. The Labute approximate surface area is 179 Å². The number of hydrogen-bond acceptors (Lipinski definition) is 7. The van der Waals surface area contributed by atoms with E-state index in [0.717, 1.165) is 39.8 Å². The van der Waals surface area contributed by atoms with Gasteiger partial charge in [0.25, 0.3) is 0 Å². The van der Waals surface area contributed by atoms with Gasteiger partial charge < -0.3 is 15.9 Å². The smallest absolute Gasteiger partial charge is 0.173 e. The van der Waals surface area contributed by atoms with E-state index < -0.39 is 0 Å². The molecule has 1 atom stereocenters. The molecule has 0 aliphatic heterocycles. The number of nitrogens with zero attached hydrogens (tertiary/aromatic N) is 3. The van der Waals surface area contributed by atoms with Crippen LogP contribution < -0.4 is 16.6 Å². The molecule has 2 aromatic heterocycles. The number of nitrogens with one attached hydrogen (secondary N) is 2. The van der Waals surface area contributed by atoms with Crippen LogP contribution >= 0.6 is 11.3 Å². The molecule has 1 aromatic carbocycles. The number of fused-ring (bicyclic) bond motifs is 3. The number of allylic oxidation sites excluding steroid dienone is 1. The lowest BCUT2D eigenvalue weighted by molar-refractivity contribution is 0.0365. The lowest BCUT2D eigenvalue weighted by Crippen LogP contribution is -2.20. The van der Waals surface area contributed by atoms with Crippen LogP contribution in [0, 0.1) is 0 Å². The predicted octanol–water partition coefficient (Wildman–Crippen LogP) is 4.32. The minimum Gasteiger partial charge on any atom is -0.371 e. The Morgan fingerprint density at radius 3 is 2.97 bits per heavy atom. The van der Waals surface area contributed by atoms with E-state index in [-0.39, 0.29) is 12.2 Å². The van der Waals surface area contributed by atoms with Crippen LogP contribution in [0.4, 0.5) is 5.82 Å². The number of anilines is 1. The zero-order valence-electron chi connectivity index (χ0n) is 16.9. The van der Waals surface area contributed by atoms with E-state index in [1.165, 1.54) is 4.70 Å². The van der Waals surface area contributed by atoms with Crippen LogP contribution in [0.15, 0.2) is 63.8 Å². The van der Waals surface area contributed by atoms with Crippen molar-refractivity contribution in [3.8, 4) is 0 Å². The molecule has 0 amide bonds. The van der Waals surface area contributed by atoms with Gasteiger partial charge in [0.1, 0.15) is 5.82 Å². The summed E-state index contributed by atoms with van der Waals surface area (Å²) in [6, 6.07) is 8.01. The first-order valence-corrected chi connectivity index (χ1v) is 10.6. The van der Waals surface area contributed by atoms with Crippen molar-refractivity contribution in [3.05, 3.63) is 59.1 Å². The second-order valence-corrected chi connectivity index (χ2v) is 8.13. The third kappa shape index (κ3) is 4.05. The van der Waals surface area contributed by atoms with Gasteiger partial charge in [-0.15, -0.1) is 11.3 Å². The van der Waals surface area contributed by atoms with Gasteiger partial charge >= 0.3 is 0 Å². The van der Waals surface area contributed by atoms with Crippen molar-refractivity contribution in [3.63, 3.8) is 0 Å². The normalized spacial score (nSPS) is 16.8. The standard InChI is InChI=1S/C22H24N6OS/c1-13(2)29-16-6-4-5-15(12-16)25-22-18-9-10-30-20(18)17-8-7-14(11-19(17)26-22)21(27-23)28-24-3/h4-5,7-13,16H,3,6,23H2,1-2H3,(H,25,26)(H,27,28). The van der Waals surface area contributed by atoms with Crippen molar-refractivity contribution < 1.29 is 4.74 Å². The third-order valence-corrected chi connectivity index (χ3v) is 5.67. The van der Waals surface area contributed by atoms with E-state index in [1.807, 2.05) is 32.0 Å². The quantitative estimate of drug-likeness (QED) is 0.239. The largest absolute Gasteiger partial charge is 0.371 e. The van der Waals surface area contributed by atoms with Gasteiger partial charge in [-0.25, -0.2) is 4.98 Å². The molecule has 8 heteroatoms. The highest BCUT2D eigenvalue weighted by Gasteiger charge is 2.15. The summed E-state index contributed by atoms with van der Waals surface area (Å²) in [7, 11) is 0. The molecule has 3 aromatic rings. The second kappa shape index (κ2) is 8.64. The molecule has 7 nitrogen and oxygen atoms in total. The van der Waals surface area contributed by atoms with Crippen molar-refractivity contribution in [1.82, 2.24) is 10.4 Å². The summed E-state index contributed by atoms with van der Waals surface area (Å²) in [6.07, 6.45) is 7.41. The minimum absolute atomic E-state index is 0.0586. The first-order chi connectivity index (χ1) is 14.6. The van der Waals surface area contributed by atoms with E-state index in [2.05, 4.69) is 57.3 Å². The van der Waals surface area contributed by atoms with Gasteiger partial charge in [0.05, 0.1) is 17.7 Å². The number of amidine groups is 1. The van der Waals surface area contributed by atoms with Gasteiger partial charge in [-0.1, -0.05) is 18.2 Å². The van der Waals surface area contributed by atoms with Crippen molar-refractivity contribution >= 4 is 50.7 Å². The van der Waals surface area contributed by atoms with Gasteiger partial charge in [-0.3, -0.25) is 5.43 Å². The number of ether oxygens (including phenoxy) is 1. The molecule has 1 aliphatic rings. The van der Waals surface area contributed by atoms with Gasteiger partial charge in [-0.2, -0.15) is 10.2 Å². The summed E-state index contributed by atoms with van der Waals surface area (Å²) >= 11 is 1.69. The van der Waals surface area contributed by atoms with Crippen molar-refractivity contribution in [1.29, 1.82) is 0 Å². The highest BCUT2D eigenvalue weighted by molar-refractivity contribution is 7.18. The molecule has 0 bridgehead atoms. The first kappa shape index (κ1) is 20.1. The molecule has 0 spiro atoms. The third-order valence-electron chi connectivity index (χ3n) is 4.72. The Balaban J connectivity index is 1.75. The zero-order chi connectivity index (χ0) is 21.1. The van der Waals surface area contributed by atoms with Gasteiger partial charge in [0.15, 0.2) is 5.84 Å². The van der Waals surface area contributed by atoms with E-state index in [1.54, 1.807) is 11.3 Å². The summed E-state index contributed by atoms with van der Waals surface area (Å²) in [5.41, 5.74) is 5.31. The number of pyridine rings is 1. The summed E-state index contributed by atoms with van der Waals surface area (Å²) < 4.78 is 7.12. The molecule has 0 radical (unpaired) electrons. The highest BCUT2D eigenvalue weighted by Crippen LogP contribution is 2.34. The predicted molar refractivity (Wildman–Crippen MR) is 126 cm³/mol. The number of aromatic nitrogens is 1. The summed E-state index contributed by atoms with van der Waals surface area (Å²) in [5.74, 6) is 6.73. The highest BCUT2D eigenvalue weighted by atomic mass is 32.1. The zero-order valence-corrected chi connectivity index (χ0v) is 17.7. The fourth-order valence-corrected chi connectivity index (χ4v) is 4.44. The average Bonchev–Trinajstić information content (AvgIpc) is 3.22. The molecule has 1 unspecified atom stereocenters. The first-order valence-electron chi connectivity index (χ1n) is 9.71. The van der Waals surface area contributed by atoms with Crippen molar-refractivity contribution in [2.75, 3.05) is 5.32 Å². The molecule has 4 rings (SSSR count). The molecule has 1 aliphatic carbocycles. The Hall–Kier alpha value is -3.23. The van der Waals surface area contributed by atoms with Gasteiger partial charge in [0.2, 0.25) is 0 Å². The maximum Gasteiger partial charge on any atom is 0.173 e. The van der Waals surface area contributed by atoms with E-state index in [9.17, 15) is 0 Å². The number of hydrogen-bond donors (Lipinski definition) is 3. The maximum atomic E-state index is 5.95. The number of benzene rings is 1. The average molecular weight is 421 g/mol. The maximum absolute atomic E-state index is 5.95. The molecule has 154 valence electrons. The molecule has 0 fully saturated rings. The fourth-order valence-electron chi connectivity index (χ4n) is 3.50. The topological polar surface area (TPSA) is 96.9 Å². The van der Waals surface area contributed by atoms with E-state index >= 15 is 0 Å². The molecule has 4 N–H and O–H groups in total.